The van der Waals surface area contributed by atoms with Gasteiger partial charge < -0.3 is 0 Å². The van der Waals surface area contributed by atoms with Crippen LogP contribution in [0.15, 0.2) is 30.3 Å². The molecule has 2 rings (SSSR count). The van der Waals surface area contributed by atoms with Gasteiger partial charge in [-0.1, -0.05) is 30.3 Å². The molecule has 0 aromatic heterocycles. The Hall–Kier alpha value is -0.980. The van der Waals surface area contributed by atoms with Gasteiger partial charge in [0, 0.05) is 6.54 Å². The van der Waals surface area contributed by atoms with E-state index in [0.29, 0.717) is 5.56 Å². The van der Waals surface area contributed by atoms with Crippen LogP contribution in [0.4, 0.5) is 4.39 Å². The van der Waals surface area contributed by atoms with E-state index in [1.54, 1.807) is 30.3 Å². The van der Waals surface area contributed by atoms with Crippen molar-refractivity contribution in [1.82, 2.24) is 4.31 Å². The van der Waals surface area contributed by atoms with Gasteiger partial charge in [-0.15, -0.1) is 0 Å². The summed E-state index contributed by atoms with van der Waals surface area (Å²) in [6, 6.07) is 7.94. The first-order chi connectivity index (χ1) is 7.50. The maximum atomic E-state index is 13.7. The summed E-state index contributed by atoms with van der Waals surface area (Å²) < 4.78 is 37.3. The lowest BCUT2D eigenvalue weighted by molar-refractivity contribution is 0.262. The van der Waals surface area contributed by atoms with E-state index >= 15 is 0 Å². The molecule has 1 aromatic rings. The highest BCUT2D eigenvalue weighted by molar-refractivity contribution is 7.86. The molecular weight excluding hydrogens is 231 g/mol. The van der Waals surface area contributed by atoms with Crippen molar-refractivity contribution in [3.8, 4) is 0 Å². The first-order valence-electron chi connectivity index (χ1n) is 4.99. The number of hydrogen-bond donors (Lipinski definition) is 1. The maximum Gasteiger partial charge on any atom is 0.277 e. The van der Waals surface area contributed by atoms with Gasteiger partial charge in [0.05, 0.1) is 6.04 Å². The number of benzene rings is 1. The Morgan fingerprint density at radius 3 is 2.50 bits per heavy atom. The monoisotopic (exact) mass is 244 g/mol. The van der Waals surface area contributed by atoms with Crippen molar-refractivity contribution in [2.75, 3.05) is 6.54 Å². The van der Waals surface area contributed by atoms with Gasteiger partial charge in [-0.25, -0.2) is 9.53 Å². The minimum Gasteiger partial charge on any atom is -0.245 e. The average Bonchev–Trinajstić information content (AvgIpc) is 2.61. The van der Waals surface area contributed by atoms with Crippen molar-refractivity contribution in [1.29, 1.82) is 0 Å². The lowest BCUT2D eigenvalue weighted by Gasteiger charge is -2.22. The fourth-order valence-corrected chi connectivity index (χ4v) is 2.97. The van der Waals surface area contributed by atoms with Crippen molar-refractivity contribution in [2.45, 2.75) is 18.6 Å². The summed E-state index contributed by atoms with van der Waals surface area (Å²) in [5.41, 5.74) is 0.640. The second-order valence-corrected chi connectivity index (χ2v) is 5.31. The van der Waals surface area contributed by atoms with E-state index < -0.39 is 22.4 Å². The summed E-state index contributed by atoms with van der Waals surface area (Å²) in [4.78, 5) is 0. The van der Waals surface area contributed by atoms with Crippen LogP contribution in [0.25, 0.3) is 0 Å². The van der Waals surface area contributed by atoms with Crippen LogP contribution in [-0.4, -0.2) is 25.4 Å². The minimum atomic E-state index is -3.84. The molecule has 2 atom stereocenters. The van der Waals surface area contributed by atoms with Crippen LogP contribution in [0.2, 0.25) is 0 Å². The topological polar surface area (TPSA) is 63.4 Å². The Balaban J connectivity index is 2.38. The molecule has 0 aliphatic carbocycles. The van der Waals surface area contributed by atoms with Crippen LogP contribution in [0.5, 0.6) is 0 Å². The maximum absolute atomic E-state index is 13.7. The molecule has 0 spiro atoms. The van der Waals surface area contributed by atoms with Crippen LogP contribution >= 0.6 is 0 Å². The molecule has 2 unspecified atom stereocenters. The highest BCUT2D eigenvalue weighted by Gasteiger charge is 2.40. The smallest absolute Gasteiger partial charge is 0.245 e. The molecule has 1 heterocycles. The second-order valence-electron chi connectivity index (χ2n) is 3.82. The van der Waals surface area contributed by atoms with Gasteiger partial charge >= 0.3 is 0 Å². The third-order valence-corrected chi connectivity index (χ3v) is 3.81. The molecule has 1 fully saturated rings. The van der Waals surface area contributed by atoms with Crippen LogP contribution in [0.3, 0.4) is 0 Å². The molecule has 0 bridgehead atoms. The Morgan fingerprint density at radius 1 is 1.31 bits per heavy atom. The van der Waals surface area contributed by atoms with E-state index in [2.05, 4.69) is 0 Å². The normalized spacial score (nSPS) is 27.1. The predicted molar refractivity (Wildman–Crippen MR) is 58.5 cm³/mol. The molecule has 2 N–H and O–H groups in total. The van der Waals surface area contributed by atoms with Crippen molar-refractivity contribution in [2.24, 2.45) is 5.14 Å². The summed E-state index contributed by atoms with van der Waals surface area (Å²) in [5, 5.41) is 5.06. The fraction of sp³-hybridized carbons (Fsp3) is 0.400. The first-order valence-corrected chi connectivity index (χ1v) is 6.49. The lowest BCUT2D eigenvalue weighted by atomic mass is 10.0. The molecule has 0 saturated carbocycles. The van der Waals surface area contributed by atoms with E-state index in [1.807, 2.05) is 0 Å². The molecule has 1 aliphatic heterocycles. The number of halogens is 1. The molecule has 88 valence electrons. The molecular formula is C10H13FN2O2S. The van der Waals surface area contributed by atoms with Crippen LogP contribution in [0.1, 0.15) is 18.0 Å². The zero-order chi connectivity index (χ0) is 11.8. The number of hydrogen-bond acceptors (Lipinski definition) is 2. The van der Waals surface area contributed by atoms with E-state index in [0.717, 1.165) is 4.31 Å². The standard InChI is InChI=1S/C10H13FN2O2S/c11-9-6-7-13(16(12,14)15)10(9)8-4-2-1-3-5-8/h1-5,9-10H,6-7H2,(H2,12,14,15). The average molecular weight is 244 g/mol. The van der Waals surface area contributed by atoms with Crippen molar-refractivity contribution in [3.63, 3.8) is 0 Å². The van der Waals surface area contributed by atoms with Crippen molar-refractivity contribution >= 4 is 10.2 Å². The number of alkyl halides is 1. The Kier molecular flexibility index (Phi) is 2.96. The molecule has 1 aromatic carbocycles. The summed E-state index contributed by atoms with van der Waals surface area (Å²) in [6.07, 6.45) is -1.00. The fourth-order valence-electron chi connectivity index (χ4n) is 2.04. The quantitative estimate of drug-likeness (QED) is 0.842. The molecule has 0 radical (unpaired) electrons. The summed E-state index contributed by atoms with van der Waals surface area (Å²) >= 11 is 0. The summed E-state index contributed by atoms with van der Waals surface area (Å²) in [5.74, 6) is 0. The number of nitrogens with two attached hydrogens (primary N) is 1. The third-order valence-electron chi connectivity index (χ3n) is 2.75. The molecule has 6 heteroatoms. The van der Waals surface area contributed by atoms with Crippen LogP contribution < -0.4 is 5.14 Å². The van der Waals surface area contributed by atoms with Gasteiger partial charge in [-0.05, 0) is 12.0 Å². The minimum absolute atomic E-state index is 0.138. The highest BCUT2D eigenvalue weighted by Crippen LogP contribution is 2.35. The zero-order valence-electron chi connectivity index (χ0n) is 8.58. The van der Waals surface area contributed by atoms with E-state index in [1.165, 1.54) is 0 Å². The van der Waals surface area contributed by atoms with Crippen LogP contribution in [-0.2, 0) is 10.2 Å². The van der Waals surface area contributed by atoms with Crippen molar-refractivity contribution in [3.05, 3.63) is 35.9 Å². The zero-order valence-corrected chi connectivity index (χ0v) is 9.40. The molecule has 4 nitrogen and oxygen atoms in total. The van der Waals surface area contributed by atoms with Gasteiger partial charge in [0.2, 0.25) is 0 Å². The number of nitrogens with zero attached hydrogens (tertiary/aromatic N) is 1. The van der Waals surface area contributed by atoms with E-state index in [-0.39, 0.29) is 13.0 Å². The molecule has 1 aliphatic rings. The Labute approximate surface area is 94.0 Å². The SMILES string of the molecule is NS(=O)(=O)N1CCC(F)C1c1ccccc1. The van der Waals surface area contributed by atoms with E-state index in [4.69, 9.17) is 5.14 Å². The van der Waals surface area contributed by atoms with Crippen molar-refractivity contribution < 1.29 is 12.8 Å². The number of rotatable bonds is 2. The molecule has 1 saturated heterocycles. The lowest BCUT2D eigenvalue weighted by Crippen LogP contribution is -2.37. The highest BCUT2D eigenvalue weighted by atomic mass is 32.2. The van der Waals surface area contributed by atoms with Gasteiger partial charge in [0.25, 0.3) is 10.2 Å². The summed E-state index contributed by atoms with van der Waals surface area (Å²) in [6.45, 7) is 0.138. The Bertz CT molecular complexity index is 463. The van der Waals surface area contributed by atoms with Gasteiger partial charge in [-0.3, -0.25) is 0 Å². The Morgan fingerprint density at radius 2 is 1.94 bits per heavy atom. The largest absolute Gasteiger partial charge is 0.277 e. The molecule has 16 heavy (non-hydrogen) atoms. The van der Waals surface area contributed by atoms with Crippen LogP contribution in [0, 0.1) is 0 Å². The summed E-state index contributed by atoms with van der Waals surface area (Å²) in [7, 11) is -3.84. The van der Waals surface area contributed by atoms with Gasteiger partial charge in [-0.2, -0.15) is 12.7 Å². The second kappa shape index (κ2) is 4.12. The van der Waals surface area contributed by atoms with Gasteiger partial charge in [0.1, 0.15) is 6.17 Å². The first kappa shape index (κ1) is 11.5. The predicted octanol–water partition coefficient (Wildman–Crippen LogP) is 0.975. The third kappa shape index (κ3) is 2.09. The van der Waals surface area contributed by atoms with E-state index in [9.17, 15) is 12.8 Å². The van der Waals surface area contributed by atoms with Gasteiger partial charge in [0.15, 0.2) is 0 Å². The molecule has 0 amide bonds.